The second-order valence-corrected chi connectivity index (χ2v) is 4.87. The molecule has 1 atom stereocenters. The monoisotopic (exact) mass is 292 g/mol. The fourth-order valence-electron chi connectivity index (χ4n) is 2.42. The number of carbonyl (C=O) groups is 1. The predicted molar refractivity (Wildman–Crippen MR) is 72.9 cm³/mol. The summed E-state index contributed by atoms with van der Waals surface area (Å²) in [7, 11) is 0. The summed E-state index contributed by atoms with van der Waals surface area (Å²) >= 11 is 0. The third-order valence-electron chi connectivity index (χ3n) is 3.53. The van der Waals surface area contributed by atoms with E-state index in [1.54, 1.807) is 29.3 Å². The maximum absolute atomic E-state index is 12.3. The van der Waals surface area contributed by atoms with Crippen LogP contribution in [0.25, 0.3) is 5.65 Å². The average molecular weight is 292 g/mol. The molecule has 2 aromatic rings. The second kappa shape index (κ2) is 5.66. The first-order chi connectivity index (χ1) is 10.2. The van der Waals surface area contributed by atoms with E-state index < -0.39 is 0 Å². The van der Waals surface area contributed by atoms with Gasteiger partial charge in [0.05, 0.1) is 25.9 Å². The number of aliphatic hydroxyl groups is 1. The van der Waals surface area contributed by atoms with E-state index in [4.69, 9.17) is 4.74 Å². The number of hydrogen-bond acceptors (Lipinski definition) is 5. The molecule has 1 amide bonds. The van der Waals surface area contributed by atoms with E-state index in [1.807, 2.05) is 0 Å². The van der Waals surface area contributed by atoms with Gasteiger partial charge in [-0.05, 0) is 12.1 Å². The summed E-state index contributed by atoms with van der Waals surface area (Å²) in [5, 5.41) is 13.4. The van der Waals surface area contributed by atoms with Crippen LogP contribution in [0.1, 0.15) is 0 Å². The summed E-state index contributed by atoms with van der Waals surface area (Å²) < 4.78 is 7.76. The van der Waals surface area contributed by atoms with Crippen molar-refractivity contribution in [3.63, 3.8) is 0 Å². The lowest BCUT2D eigenvalue weighted by atomic mass is 10.2. The number of hydrogen-bond donors (Lipinski definition) is 1. The fraction of sp³-hybridized carbons (Fsp3) is 0.462. The van der Waals surface area contributed by atoms with Crippen LogP contribution < -0.4 is 5.69 Å². The third-order valence-corrected chi connectivity index (χ3v) is 3.53. The van der Waals surface area contributed by atoms with Crippen molar-refractivity contribution in [2.45, 2.75) is 12.6 Å². The summed E-state index contributed by atoms with van der Waals surface area (Å²) in [6.45, 7) is 0.847. The van der Waals surface area contributed by atoms with E-state index in [0.717, 1.165) is 4.68 Å². The first kappa shape index (κ1) is 13.8. The molecule has 1 saturated heterocycles. The van der Waals surface area contributed by atoms with Crippen LogP contribution in [0.4, 0.5) is 0 Å². The SMILES string of the molecule is O=C(Cn1nc2ccccn2c1=O)N1CCOCC1CO. The highest BCUT2D eigenvalue weighted by molar-refractivity contribution is 5.76. The van der Waals surface area contributed by atoms with Gasteiger partial charge in [-0.1, -0.05) is 6.07 Å². The quantitative estimate of drug-likeness (QED) is 0.761. The zero-order valence-electron chi connectivity index (χ0n) is 11.4. The lowest BCUT2D eigenvalue weighted by Crippen LogP contribution is -2.52. The Morgan fingerprint density at radius 3 is 3.10 bits per heavy atom. The number of carbonyl (C=O) groups excluding carboxylic acids is 1. The number of aliphatic hydroxyl groups excluding tert-OH is 1. The van der Waals surface area contributed by atoms with E-state index >= 15 is 0 Å². The minimum atomic E-state index is -0.362. The van der Waals surface area contributed by atoms with Crippen LogP contribution in [0.2, 0.25) is 0 Å². The standard InChI is InChI=1S/C13H16N4O4/c18-8-10-9-21-6-5-15(10)12(19)7-17-13(20)16-4-2-1-3-11(16)14-17/h1-4,10,18H,5-9H2. The normalized spacial score (nSPS) is 19.1. The van der Waals surface area contributed by atoms with E-state index in [0.29, 0.717) is 25.4 Å². The van der Waals surface area contributed by atoms with Crippen LogP contribution >= 0.6 is 0 Å². The molecule has 21 heavy (non-hydrogen) atoms. The molecule has 0 aliphatic carbocycles. The molecule has 0 aromatic carbocycles. The molecule has 1 N–H and O–H groups in total. The first-order valence-electron chi connectivity index (χ1n) is 6.73. The minimum Gasteiger partial charge on any atom is -0.394 e. The Hall–Kier alpha value is -2.19. The number of ether oxygens (including phenoxy) is 1. The van der Waals surface area contributed by atoms with Gasteiger partial charge >= 0.3 is 5.69 Å². The zero-order valence-corrected chi connectivity index (χ0v) is 11.4. The van der Waals surface area contributed by atoms with Crippen LogP contribution in [0.15, 0.2) is 29.2 Å². The van der Waals surface area contributed by atoms with Crippen molar-refractivity contribution in [3.8, 4) is 0 Å². The van der Waals surface area contributed by atoms with Gasteiger partial charge in [-0.2, -0.15) is 0 Å². The Kier molecular flexibility index (Phi) is 3.72. The Labute approximate surface area is 120 Å². The van der Waals surface area contributed by atoms with Crippen LogP contribution in [0.3, 0.4) is 0 Å². The van der Waals surface area contributed by atoms with E-state index in [2.05, 4.69) is 5.10 Å². The molecule has 1 aliphatic heterocycles. The summed E-state index contributed by atoms with van der Waals surface area (Å²) in [6, 6.07) is 4.84. The van der Waals surface area contributed by atoms with E-state index in [9.17, 15) is 14.7 Å². The Balaban J connectivity index is 1.82. The smallest absolute Gasteiger partial charge is 0.350 e. The summed E-state index contributed by atoms with van der Waals surface area (Å²) in [5.74, 6) is -0.247. The highest BCUT2D eigenvalue weighted by atomic mass is 16.5. The van der Waals surface area contributed by atoms with Gasteiger partial charge in [0, 0.05) is 12.7 Å². The van der Waals surface area contributed by atoms with Crippen LogP contribution in [0, 0.1) is 0 Å². The summed E-state index contributed by atoms with van der Waals surface area (Å²) in [4.78, 5) is 26.0. The molecular weight excluding hydrogens is 276 g/mol. The molecule has 1 aliphatic rings. The number of rotatable bonds is 3. The van der Waals surface area contributed by atoms with Gasteiger partial charge in [-0.3, -0.25) is 9.20 Å². The molecule has 8 nitrogen and oxygen atoms in total. The van der Waals surface area contributed by atoms with Crippen molar-refractivity contribution < 1.29 is 14.6 Å². The van der Waals surface area contributed by atoms with Crippen molar-refractivity contribution in [3.05, 3.63) is 34.9 Å². The molecule has 2 aromatic heterocycles. The highest BCUT2D eigenvalue weighted by Gasteiger charge is 2.27. The first-order valence-corrected chi connectivity index (χ1v) is 6.73. The average Bonchev–Trinajstić information content (AvgIpc) is 2.84. The number of aromatic nitrogens is 3. The van der Waals surface area contributed by atoms with Crippen molar-refractivity contribution in [1.29, 1.82) is 0 Å². The van der Waals surface area contributed by atoms with Crippen LogP contribution in [-0.2, 0) is 16.1 Å². The summed E-state index contributed by atoms with van der Waals surface area (Å²) in [6.07, 6.45) is 1.61. The Morgan fingerprint density at radius 1 is 1.48 bits per heavy atom. The number of nitrogens with zero attached hydrogens (tertiary/aromatic N) is 4. The number of morpholine rings is 1. The molecule has 3 heterocycles. The molecule has 1 unspecified atom stereocenters. The molecule has 3 rings (SSSR count). The lowest BCUT2D eigenvalue weighted by molar-refractivity contribution is -0.142. The third kappa shape index (κ3) is 2.55. The van der Waals surface area contributed by atoms with Gasteiger partial charge in [0.2, 0.25) is 5.91 Å². The Morgan fingerprint density at radius 2 is 2.33 bits per heavy atom. The number of fused-ring (bicyclic) bond motifs is 1. The summed E-state index contributed by atoms with van der Waals surface area (Å²) in [5.41, 5.74) is 0.142. The fourth-order valence-corrected chi connectivity index (χ4v) is 2.42. The van der Waals surface area contributed by atoms with Gasteiger partial charge in [0.25, 0.3) is 0 Å². The molecule has 8 heteroatoms. The molecular formula is C13H16N4O4. The van der Waals surface area contributed by atoms with Crippen molar-refractivity contribution in [1.82, 2.24) is 19.1 Å². The van der Waals surface area contributed by atoms with Crippen molar-refractivity contribution >= 4 is 11.6 Å². The van der Waals surface area contributed by atoms with Gasteiger partial charge < -0.3 is 14.7 Å². The number of pyridine rings is 1. The molecule has 1 fully saturated rings. The lowest BCUT2D eigenvalue weighted by Gasteiger charge is -2.34. The molecule has 0 spiro atoms. The maximum Gasteiger partial charge on any atom is 0.350 e. The topological polar surface area (TPSA) is 89.1 Å². The van der Waals surface area contributed by atoms with Gasteiger partial charge in [0.1, 0.15) is 6.54 Å². The second-order valence-electron chi connectivity index (χ2n) is 4.87. The van der Waals surface area contributed by atoms with Crippen LogP contribution in [-0.4, -0.2) is 62.5 Å². The minimum absolute atomic E-state index is 0.142. The molecule has 0 saturated carbocycles. The Bertz CT molecular complexity index is 708. The van der Waals surface area contributed by atoms with Gasteiger partial charge in [0.15, 0.2) is 5.65 Å². The largest absolute Gasteiger partial charge is 0.394 e. The van der Waals surface area contributed by atoms with Crippen molar-refractivity contribution in [2.24, 2.45) is 0 Å². The van der Waals surface area contributed by atoms with Crippen molar-refractivity contribution in [2.75, 3.05) is 26.4 Å². The van der Waals surface area contributed by atoms with Gasteiger partial charge in [-0.15, -0.1) is 5.10 Å². The number of amides is 1. The van der Waals surface area contributed by atoms with Crippen LogP contribution in [0.5, 0.6) is 0 Å². The molecule has 0 radical (unpaired) electrons. The van der Waals surface area contributed by atoms with E-state index in [-0.39, 0.29) is 30.8 Å². The van der Waals surface area contributed by atoms with E-state index in [1.165, 1.54) is 4.40 Å². The zero-order chi connectivity index (χ0) is 14.8. The predicted octanol–water partition coefficient (Wildman–Crippen LogP) is -1.28. The highest BCUT2D eigenvalue weighted by Crippen LogP contribution is 2.07. The molecule has 0 bridgehead atoms. The maximum atomic E-state index is 12.3. The molecule has 112 valence electrons. The van der Waals surface area contributed by atoms with Gasteiger partial charge in [-0.25, -0.2) is 9.48 Å².